The smallest absolute Gasteiger partial charge is 0.231 e. The Bertz CT molecular complexity index is 478. The predicted octanol–water partition coefficient (Wildman–Crippen LogP) is 3.42. The normalized spacial score (nSPS) is 10.8. The van der Waals surface area contributed by atoms with Crippen LogP contribution in [0.15, 0.2) is 18.2 Å². The van der Waals surface area contributed by atoms with Crippen molar-refractivity contribution in [2.24, 2.45) is 5.41 Å². The van der Waals surface area contributed by atoms with Gasteiger partial charge in [-0.05, 0) is 32.0 Å². The minimum absolute atomic E-state index is 0.196. The van der Waals surface area contributed by atoms with Crippen molar-refractivity contribution in [1.29, 1.82) is 5.26 Å². The number of alkyl halides is 1. The molecule has 0 spiro atoms. The van der Waals surface area contributed by atoms with Gasteiger partial charge in [-0.1, -0.05) is 11.6 Å². The molecule has 0 unspecified atom stereocenters. The molecule has 0 aliphatic heterocycles. The zero-order valence-corrected chi connectivity index (χ0v) is 11.1. The molecule has 0 fully saturated rings. The molecule has 1 rings (SSSR count). The van der Waals surface area contributed by atoms with Gasteiger partial charge in [-0.3, -0.25) is 4.79 Å². The van der Waals surface area contributed by atoms with Crippen molar-refractivity contribution in [3.05, 3.63) is 28.8 Å². The number of hydrogen-bond acceptors (Lipinski definition) is 2. The van der Waals surface area contributed by atoms with Crippen LogP contribution in [0.5, 0.6) is 0 Å². The lowest BCUT2D eigenvalue weighted by molar-refractivity contribution is -0.122. The van der Waals surface area contributed by atoms with Gasteiger partial charge in [0.15, 0.2) is 0 Å². The van der Waals surface area contributed by atoms with Crippen LogP contribution >= 0.6 is 23.2 Å². The van der Waals surface area contributed by atoms with Crippen molar-refractivity contribution < 1.29 is 4.79 Å². The number of rotatable bonds is 3. The summed E-state index contributed by atoms with van der Waals surface area (Å²) in [6, 6.07) is 6.70. The minimum Gasteiger partial charge on any atom is -0.324 e. The summed E-state index contributed by atoms with van der Waals surface area (Å²) < 4.78 is 0. The van der Waals surface area contributed by atoms with Gasteiger partial charge in [0.05, 0.1) is 16.7 Å². The molecule has 0 radical (unpaired) electrons. The quantitative estimate of drug-likeness (QED) is 0.856. The summed E-state index contributed by atoms with van der Waals surface area (Å²) >= 11 is 11.5. The topological polar surface area (TPSA) is 52.9 Å². The van der Waals surface area contributed by atoms with Crippen molar-refractivity contribution in [2.45, 2.75) is 13.8 Å². The number of amides is 1. The molecule has 0 atom stereocenters. The summed E-state index contributed by atoms with van der Waals surface area (Å²) in [5, 5.41) is 12.0. The van der Waals surface area contributed by atoms with Crippen LogP contribution in [0, 0.1) is 16.7 Å². The molecule has 0 aliphatic carbocycles. The first-order valence-corrected chi connectivity index (χ1v) is 5.89. The van der Waals surface area contributed by atoms with Crippen LogP contribution in [0.1, 0.15) is 19.4 Å². The van der Waals surface area contributed by atoms with Crippen molar-refractivity contribution in [3.8, 4) is 6.07 Å². The first kappa shape index (κ1) is 13.8. The van der Waals surface area contributed by atoms with Crippen molar-refractivity contribution >= 4 is 34.8 Å². The fourth-order valence-electron chi connectivity index (χ4n) is 1.07. The maximum absolute atomic E-state index is 11.9. The number of nitrogens with zero attached hydrogens (tertiary/aromatic N) is 1. The summed E-state index contributed by atoms with van der Waals surface area (Å²) in [7, 11) is 0. The third-order valence-corrected chi connectivity index (χ3v) is 3.20. The predicted molar refractivity (Wildman–Crippen MR) is 69.3 cm³/mol. The van der Waals surface area contributed by atoms with Crippen molar-refractivity contribution in [1.82, 2.24) is 0 Å². The summed E-state index contributed by atoms with van der Waals surface area (Å²) in [6.07, 6.45) is 0. The summed E-state index contributed by atoms with van der Waals surface area (Å²) in [6.45, 7) is 3.46. The molecule has 3 nitrogen and oxygen atoms in total. The Morgan fingerprint density at radius 2 is 2.18 bits per heavy atom. The minimum atomic E-state index is -0.698. The fourth-order valence-corrected chi connectivity index (χ4v) is 1.36. The third-order valence-electron chi connectivity index (χ3n) is 2.30. The molecule has 1 aromatic rings. The van der Waals surface area contributed by atoms with E-state index in [-0.39, 0.29) is 11.8 Å². The Morgan fingerprint density at radius 1 is 1.53 bits per heavy atom. The van der Waals surface area contributed by atoms with E-state index in [1.165, 1.54) is 0 Å². The monoisotopic (exact) mass is 270 g/mol. The summed E-state index contributed by atoms with van der Waals surface area (Å²) in [4.78, 5) is 11.9. The van der Waals surface area contributed by atoms with Crippen LogP contribution in [0.25, 0.3) is 0 Å². The third kappa shape index (κ3) is 3.36. The number of hydrogen-bond donors (Lipinski definition) is 1. The zero-order chi connectivity index (χ0) is 13.1. The average molecular weight is 271 g/mol. The molecule has 1 aromatic carbocycles. The van der Waals surface area contributed by atoms with Crippen LogP contribution in [-0.4, -0.2) is 11.8 Å². The lowest BCUT2D eigenvalue weighted by Gasteiger charge is -2.20. The van der Waals surface area contributed by atoms with E-state index < -0.39 is 5.41 Å². The molecule has 5 heteroatoms. The van der Waals surface area contributed by atoms with E-state index in [9.17, 15) is 4.79 Å². The second kappa shape index (κ2) is 5.39. The van der Waals surface area contributed by atoms with Gasteiger partial charge < -0.3 is 5.32 Å². The highest BCUT2D eigenvalue weighted by Crippen LogP contribution is 2.24. The molecular formula is C12H12Cl2N2O. The molecule has 1 amide bonds. The van der Waals surface area contributed by atoms with E-state index >= 15 is 0 Å². The number of anilines is 1. The lowest BCUT2D eigenvalue weighted by atomic mass is 9.95. The molecule has 0 heterocycles. The first-order chi connectivity index (χ1) is 7.90. The van der Waals surface area contributed by atoms with Crippen molar-refractivity contribution in [2.75, 3.05) is 11.2 Å². The molecule has 0 aliphatic rings. The highest BCUT2D eigenvalue weighted by molar-refractivity contribution is 6.31. The van der Waals surface area contributed by atoms with Crippen LogP contribution in [-0.2, 0) is 4.79 Å². The Kier molecular flexibility index (Phi) is 4.39. The van der Waals surface area contributed by atoms with Gasteiger partial charge in [0.2, 0.25) is 5.91 Å². The number of carbonyl (C=O) groups is 1. The molecule has 0 saturated carbocycles. The lowest BCUT2D eigenvalue weighted by Crippen LogP contribution is -2.32. The van der Waals surface area contributed by atoms with Crippen LogP contribution in [0.4, 0.5) is 5.69 Å². The molecule has 0 saturated heterocycles. The second-order valence-electron chi connectivity index (χ2n) is 4.27. The van der Waals surface area contributed by atoms with E-state index in [1.807, 2.05) is 6.07 Å². The maximum atomic E-state index is 11.9. The van der Waals surface area contributed by atoms with Gasteiger partial charge in [-0.25, -0.2) is 0 Å². The van der Waals surface area contributed by atoms with Crippen molar-refractivity contribution in [3.63, 3.8) is 0 Å². The number of benzene rings is 1. The van der Waals surface area contributed by atoms with Gasteiger partial charge in [-0.2, -0.15) is 5.26 Å². The number of carbonyl (C=O) groups excluding carboxylic acids is 1. The van der Waals surface area contributed by atoms with Gasteiger partial charge in [0, 0.05) is 10.9 Å². The molecule has 0 bridgehead atoms. The van der Waals surface area contributed by atoms with E-state index in [0.29, 0.717) is 16.3 Å². The van der Waals surface area contributed by atoms with Gasteiger partial charge in [0.25, 0.3) is 0 Å². The van der Waals surface area contributed by atoms with Crippen LogP contribution in [0.2, 0.25) is 5.02 Å². The second-order valence-corrected chi connectivity index (χ2v) is 4.98. The standard InChI is InChI=1S/C12H12Cl2N2O/c1-12(2,7-13)11(17)16-10-5-9(14)4-3-8(10)6-15/h3-5H,7H2,1-2H3,(H,16,17). The van der Waals surface area contributed by atoms with Crippen LogP contribution in [0.3, 0.4) is 0 Å². The average Bonchev–Trinajstić information content (AvgIpc) is 2.29. The fraction of sp³-hybridized carbons (Fsp3) is 0.333. The van der Waals surface area contributed by atoms with Gasteiger partial charge >= 0.3 is 0 Å². The molecule has 17 heavy (non-hydrogen) atoms. The van der Waals surface area contributed by atoms with E-state index in [4.69, 9.17) is 28.5 Å². The van der Waals surface area contributed by atoms with Gasteiger partial charge in [-0.15, -0.1) is 11.6 Å². The largest absolute Gasteiger partial charge is 0.324 e. The first-order valence-electron chi connectivity index (χ1n) is 4.98. The SMILES string of the molecule is CC(C)(CCl)C(=O)Nc1cc(Cl)ccc1C#N. The molecular weight excluding hydrogens is 259 g/mol. The number of halogens is 2. The summed E-state index contributed by atoms with van der Waals surface area (Å²) in [5.74, 6) is -0.0485. The molecule has 1 N–H and O–H groups in total. The number of nitriles is 1. The summed E-state index contributed by atoms with van der Waals surface area (Å²) in [5.41, 5.74) is 0.0765. The molecule has 90 valence electrons. The zero-order valence-electron chi connectivity index (χ0n) is 9.55. The van der Waals surface area contributed by atoms with E-state index in [2.05, 4.69) is 5.32 Å². The number of nitrogens with one attached hydrogen (secondary N) is 1. The Balaban J connectivity index is 3.00. The van der Waals surface area contributed by atoms with E-state index in [0.717, 1.165) is 0 Å². The Morgan fingerprint density at radius 3 is 2.71 bits per heavy atom. The Hall–Kier alpha value is -1.24. The highest BCUT2D eigenvalue weighted by atomic mass is 35.5. The van der Waals surface area contributed by atoms with E-state index in [1.54, 1.807) is 32.0 Å². The Labute approximate surface area is 110 Å². The van der Waals surface area contributed by atoms with Crippen LogP contribution < -0.4 is 5.32 Å². The molecule has 0 aromatic heterocycles. The highest BCUT2D eigenvalue weighted by Gasteiger charge is 2.27. The maximum Gasteiger partial charge on any atom is 0.231 e. The van der Waals surface area contributed by atoms with Gasteiger partial charge in [0.1, 0.15) is 6.07 Å².